The average Bonchev–Trinajstić information content (AvgIpc) is 2.43. The van der Waals surface area contributed by atoms with Gasteiger partial charge in [-0.15, -0.1) is 0 Å². The predicted octanol–water partition coefficient (Wildman–Crippen LogP) is 1.36. The average molecular weight is 271 g/mol. The van der Waals surface area contributed by atoms with Crippen molar-refractivity contribution >= 4 is 5.91 Å². The van der Waals surface area contributed by atoms with Crippen molar-refractivity contribution in [2.45, 2.75) is 20.3 Å². The molecule has 20 heavy (non-hydrogen) atoms. The lowest BCUT2D eigenvalue weighted by Gasteiger charge is -2.06. The molecule has 0 radical (unpaired) electrons. The molecule has 0 atom stereocenters. The molecular weight excluding hydrogens is 254 g/mol. The quantitative estimate of drug-likeness (QED) is 0.881. The third kappa shape index (κ3) is 3.54. The molecule has 5 nitrogen and oxygen atoms in total. The highest BCUT2D eigenvalue weighted by molar-refractivity contribution is 5.91. The molecule has 104 valence electrons. The first-order chi connectivity index (χ1) is 9.56. The molecule has 2 aromatic rings. The Kier molecular flexibility index (Phi) is 4.30. The summed E-state index contributed by atoms with van der Waals surface area (Å²) in [5.74, 6) is -0.287. The summed E-state index contributed by atoms with van der Waals surface area (Å²) >= 11 is 0. The highest BCUT2D eigenvalue weighted by atomic mass is 16.2. The van der Waals surface area contributed by atoms with Gasteiger partial charge in [0.25, 0.3) is 11.5 Å². The van der Waals surface area contributed by atoms with Crippen LogP contribution < -0.4 is 10.9 Å². The Morgan fingerprint density at radius 1 is 1.20 bits per heavy atom. The fourth-order valence-electron chi connectivity index (χ4n) is 1.84. The lowest BCUT2D eigenvalue weighted by molar-refractivity contribution is 0.0948. The molecule has 0 aliphatic carbocycles. The van der Waals surface area contributed by atoms with Gasteiger partial charge in [0.15, 0.2) is 0 Å². The number of aromatic amines is 1. The summed E-state index contributed by atoms with van der Waals surface area (Å²) in [6.07, 6.45) is 0.760. The molecule has 5 heteroatoms. The number of carbonyl (C=O) groups excluding carboxylic acids is 1. The van der Waals surface area contributed by atoms with Crippen LogP contribution in [0.25, 0.3) is 0 Å². The third-order valence-electron chi connectivity index (χ3n) is 3.18. The Bertz CT molecular complexity index is 657. The second-order valence-electron chi connectivity index (χ2n) is 4.73. The predicted molar refractivity (Wildman–Crippen MR) is 76.8 cm³/mol. The summed E-state index contributed by atoms with van der Waals surface area (Å²) in [6, 6.07) is 8.96. The van der Waals surface area contributed by atoms with E-state index >= 15 is 0 Å². The molecule has 0 aliphatic rings. The van der Waals surface area contributed by atoms with Gasteiger partial charge in [-0.05, 0) is 43.0 Å². The molecule has 0 saturated heterocycles. The maximum atomic E-state index is 11.8. The zero-order valence-corrected chi connectivity index (χ0v) is 11.6. The number of amides is 1. The summed E-state index contributed by atoms with van der Waals surface area (Å²) in [4.78, 5) is 22.6. The van der Waals surface area contributed by atoms with Gasteiger partial charge in [-0.3, -0.25) is 9.59 Å². The lowest BCUT2D eigenvalue weighted by atomic mass is 10.0. The van der Waals surface area contributed by atoms with E-state index in [0.29, 0.717) is 6.54 Å². The minimum absolute atomic E-state index is 0.213. The van der Waals surface area contributed by atoms with Gasteiger partial charge in [0.2, 0.25) is 0 Å². The smallest absolute Gasteiger partial charge is 0.271 e. The van der Waals surface area contributed by atoms with Crippen LogP contribution in [-0.4, -0.2) is 22.6 Å². The molecule has 2 rings (SSSR count). The third-order valence-corrected chi connectivity index (χ3v) is 3.18. The van der Waals surface area contributed by atoms with Crippen molar-refractivity contribution in [3.05, 3.63) is 63.1 Å². The Labute approximate surface area is 117 Å². The van der Waals surface area contributed by atoms with Crippen LogP contribution in [0.1, 0.15) is 27.2 Å². The number of aromatic nitrogens is 2. The molecule has 1 heterocycles. The molecule has 0 bridgehead atoms. The molecule has 1 amide bonds. The molecule has 0 aliphatic heterocycles. The summed E-state index contributed by atoms with van der Waals surface area (Å²) < 4.78 is 0. The van der Waals surface area contributed by atoms with Crippen LogP contribution in [0, 0.1) is 13.8 Å². The number of nitrogens with one attached hydrogen (secondary N) is 2. The maximum Gasteiger partial charge on any atom is 0.271 e. The van der Waals surface area contributed by atoms with Crippen LogP contribution in [0.2, 0.25) is 0 Å². The van der Waals surface area contributed by atoms with Crippen molar-refractivity contribution in [1.82, 2.24) is 15.5 Å². The first kappa shape index (κ1) is 14.0. The molecule has 0 spiro atoms. The Morgan fingerprint density at radius 3 is 2.65 bits per heavy atom. The number of hydrogen-bond donors (Lipinski definition) is 2. The number of nitrogens with zero attached hydrogens (tertiary/aromatic N) is 1. The van der Waals surface area contributed by atoms with Crippen molar-refractivity contribution < 1.29 is 4.79 Å². The van der Waals surface area contributed by atoms with Crippen LogP contribution >= 0.6 is 0 Å². The van der Waals surface area contributed by atoms with Gasteiger partial charge in [-0.1, -0.05) is 18.2 Å². The zero-order valence-electron chi connectivity index (χ0n) is 11.6. The van der Waals surface area contributed by atoms with Gasteiger partial charge in [-0.2, -0.15) is 5.10 Å². The summed E-state index contributed by atoms with van der Waals surface area (Å²) in [6.45, 7) is 4.67. The largest absolute Gasteiger partial charge is 0.350 e. The van der Waals surface area contributed by atoms with E-state index in [9.17, 15) is 9.59 Å². The fourth-order valence-corrected chi connectivity index (χ4v) is 1.84. The summed E-state index contributed by atoms with van der Waals surface area (Å²) in [5.41, 5.74) is 3.58. The number of rotatable bonds is 4. The second kappa shape index (κ2) is 6.14. The highest BCUT2D eigenvalue weighted by Gasteiger charge is 2.06. The van der Waals surface area contributed by atoms with E-state index in [1.807, 2.05) is 0 Å². The Hall–Kier alpha value is -2.43. The van der Waals surface area contributed by atoms with Gasteiger partial charge in [-0.25, -0.2) is 5.10 Å². The SMILES string of the molecule is Cc1ccc(CCNC(=O)c2ccc(=O)[nH]n2)cc1C. The number of hydrogen-bond acceptors (Lipinski definition) is 3. The normalized spacial score (nSPS) is 10.3. The zero-order chi connectivity index (χ0) is 14.5. The highest BCUT2D eigenvalue weighted by Crippen LogP contribution is 2.09. The van der Waals surface area contributed by atoms with E-state index in [4.69, 9.17) is 0 Å². The topological polar surface area (TPSA) is 74.8 Å². The van der Waals surface area contributed by atoms with Crippen LogP contribution in [0.5, 0.6) is 0 Å². The second-order valence-corrected chi connectivity index (χ2v) is 4.73. The van der Waals surface area contributed by atoms with Gasteiger partial charge >= 0.3 is 0 Å². The standard InChI is InChI=1S/C15H17N3O2/c1-10-3-4-12(9-11(10)2)7-8-16-15(20)13-5-6-14(19)18-17-13/h3-6,9H,7-8H2,1-2H3,(H,16,20)(H,18,19). The number of carbonyl (C=O) groups is 1. The van der Waals surface area contributed by atoms with Gasteiger partial charge in [0, 0.05) is 12.6 Å². The first-order valence-corrected chi connectivity index (χ1v) is 6.46. The first-order valence-electron chi connectivity index (χ1n) is 6.46. The minimum atomic E-state index is -0.323. The van der Waals surface area contributed by atoms with Crippen molar-refractivity contribution in [2.75, 3.05) is 6.54 Å². The number of aryl methyl sites for hydroxylation is 2. The number of benzene rings is 1. The van der Waals surface area contributed by atoms with E-state index in [1.165, 1.54) is 28.8 Å². The van der Waals surface area contributed by atoms with Crippen LogP contribution in [0.3, 0.4) is 0 Å². The summed E-state index contributed by atoms with van der Waals surface area (Å²) in [7, 11) is 0. The van der Waals surface area contributed by atoms with Crippen LogP contribution in [0.4, 0.5) is 0 Å². The van der Waals surface area contributed by atoms with Crippen molar-refractivity contribution in [3.8, 4) is 0 Å². The van der Waals surface area contributed by atoms with Gasteiger partial charge < -0.3 is 5.32 Å². The van der Waals surface area contributed by atoms with E-state index in [-0.39, 0.29) is 17.2 Å². The fraction of sp³-hybridized carbons (Fsp3) is 0.267. The van der Waals surface area contributed by atoms with Crippen LogP contribution in [-0.2, 0) is 6.42 Å². The van der Waals surface area contributed by atoms with Crippen molar-refractivity contribution in [3.63, 3.8) is 0 Å². The van der Waals surface area contributed by atoms with Crippen LogP contribution in [0.15, 0.2) is 35.1 Å². The Morgan fingerprint density at radius 2 is 2.00 bits per heavy atom. The monoisotopic (exact) mass is 271 g/mol. The van der Waals surface area contributed by atoms with E-state index in [0.717, 1.165) is 6.42 Å². The summed E-state index contributed by atoms with van der Waals surface area (Å²) in [5, 5.41) is 8.69. The molecular formula is C15H17N3O2. The molecule has 0 unspecified atom stereocenters. The molecule has 0 saturated carbocycles. The Balaban J connectivity index is 1.89. The molecule has 1 aromatic carbocycles. The van der Waals surface area contributed by atoms with E-state index in [2.05, 4.69) is 47.6 Å². The van der Waals surface area contributed by atoms with E-state index in [1.54, 1.807) is 0 Å². The van der Waals surface area contributed by atoms with Gasteiger partial charge in [0.05, 0.1) is 0 Å². The van der Waals surface area contributed by atoms with Gasteiger partial charge in [0.1, 0.15) is 5.69 Å². The number of H-pyrrole nitrogens is 1. The van der Waals surface area contributed by atoms with Crippen molar-refractivity contribution in [1.29, 1.82) is 0 Å². The molecule has 1 aromatic heterocycles. The minimum Gasteiger partial charge on any atom is -0.350 e. The van der Waals surface area contributed by atoms with E-state index < -0.39 is 0 Å². The maximum absolute atomic E-state index is 11.8. The molecule has 0 fully saturated rings. The van der Waals surface area contributed by atoms with Crippen molar-refractivity contribution in [2.24, 2.45) is 0 Å². The lowest BCUT2D eigenvalue weighted by Crippen LogP contribution is -2.27. The molecule has 2 N–H and O–H groups in total.